The number of rotatable bonds is 3. The van der Waals surface area contributed by atoms with E-state index in [-0.39, 0.29) is 17.4 Å². The summed E-state index contributed by atoms with van der Waals surface area (Å²) in [5.41, 5.74) is 7.96. The molecule has 2 rings (SSSR count). The third-order valence-electron chi connectivity index (χ3n) is 3.04. The van der Waals surface area contributed by atoms with Crippen LogP contribution in [0.2, 0.25) is 0 Å². The number of hydrogen-bond acceptors (Lipinski definition) is 4. The zero-order valence-electron chi connectivity index (χ0n) is 10.8. The smallest absolute Gasteiger partial charge is 0.305 e. The molecule has 0 aliphatic carbocycles. The Balaban J connectivity index is 2.64. The highest BCUT2D eigenvalue weighted by Crippen LogP contribution is 2.20. The standard InChI is InChI=1S/C14H15NO4/c1-7-3-8(2)13-11(4-7)19-6-9(14(13)18)10(15)5-12(16)17/h3-4,6,10H,5,15H2,1-2H3,(H,16,17)/t10-/m0/s1. The van der Waals surface area contributed by atoms with Crippen molar-refractivity contribution < 1.29 is 14.3 Å². The van der Waals surface area contributed by atoms with Crippen LogP contribution in [0.15, 0.2) is 27.6 Å². The largest absolute Gasteiger partial charge is 0.481 e. The first kappa shape index (κ1) is 13.3. The third-order valence-corrected chi connectivity index (χ3v) is 3.04. The molecule has 1 aromatic heterocycles. The average molecular weight is 261 g/mol. The highest BCUT2D eigenvalue weighted by atomic mass is 16.4. The number of hydrogen-bond donors (Lipinski definition) is 2. The summed E-state index contributed by atoms with van der Waals surface area (Å²) in [4.78, 5) is 23.0. The van der Waals surface area contributed by atoms with E-state index in [1.165, 1.54) is 6.26 Å². The number of aryl methyl sites for hydroxylation is 2. The van der Waals surface area contributed by atoms with Crippen LogP contribution in [0.5, 0.6) is 0 Å². The Morgan fingerprint density at radius 1 is 1.42 bits per heavy atom. The highest BCUT2D eigenvalue weighted by Gasteiger charge is 2.17. The van der Waals surface area contributed by atoms with Gasteiger partial charge < -0.3 is 15.3 Å². The maximum atomic E-state index is 12.4. The number of benzene rings is 1. The lowest BCUT2D eigenvalue weighted by Gasteiger charge is -2.10. The molecule has 0 aliphatic rings. The lowest BCUT2D eigenvalue weighted by molar-refractivity contribution is -0.137. The van der Waals surface area contributed by atoms with Crippen LogP contribution in [0.1, 0.15) is 29.2 Å². The predicted molar refractivity (Wildman–Crippen MR) is 71.1 cm³/mol. The van der Waals surface area contributed by atoms with Crippen LogP contribution in [0.4, 0.5) is 0 Å². The van der Waals surface area contributed by atoms with Gasteiger partial charge in [-0.15, -0.1) is 0 Å². The van der Waals surface area contributed by atoms with E-state index in [0.29, 0.717) is 11.0 Å². The molecule has 5 heteroatoms. The molecule has 2 aromatic rings. The van der Waals surface area contributed by atoms with Crippen molar-refractivity contribution in [1.82, 2.24) is 0 Å². The van der Waals surface area contributed by atoms with Gasteiger partial charge in [-0.2, -0.15) is 0 Å². The molecule has 19 heavy (non-hydrogen) atoms. The normalized spacial score (nSPS) is 12.6. The number of nitrogens with two attached hydrogens (primary N) is 1. The fourth-order valence-corrected chi connectivity index (χ4v) is 2.19. The fraction of sp³-hybridized carbons (Fsp3) is 0.286. The van der Waals surface area contributed by atoms with Crippen molar-refractivity contribution in [3.05, 3.63) is 45.3 Å². The van der Waals surface area contributed by atoms with Crippen LogP contribution in [-0.4, -0.2) is 11.1 Å². The molecule has 0 saturated carbocycles. The van der Waals surface area contributed by atoms with Crippen LogP contribution in [0.3, 0.4) is 0 Å². The Morgan fingerprint density at radius 3 is 2.74 bits per heavy atom. The molecule has 0 amide bonds. The van der Waals surface area contributed by atoms with E-state index < -0.39 is 12.0 Å². The minimum atomic E-state index is -1.05. The van der Waals surface area contributed by atoms with Gasteiger partial charge in [-0.1, -0.05) is 6.07 Å². The quantitative estimate of drug-likeness (QED) is 0.879. The fourth-order valence-electron chi connectivity index (χ4n) is 2.19. The first-order valence-corrected chi connectivity index (χ1v) is 5.90. The summed E-state index contributed by atoms with van der Waals surface area (Å²) in [6.07, 6.45) is 0.957. The van der Waals surface area contributed by atoms with Gasteiger partial charge in [-0.25, -0.2) is 0 Å². The number of fused-ring (bicyclic) bond motifs is 1. The topological polar surface area (TPSA) is 93.5 Å². The van der Waals surface area contributed by atoms with Crippen molar-refractivity contribution in [2.75, 3.05) is 0 Å². The van der Waals surface area contributed by atoms with Crippen molar-refractivity contribution in [2.24, 2.45) is 5.73 Å². The highest BCUT2D eigenvalue weighted by molar-refractivity contribution is 5.81. The molecule has 0 saturated heterocycles. The van der Waals surface area contributed by atoms with Gasteiger partial charge in [-0.05, 0) is 31.0 Å². The van der Waals surface area contributed by atoms with E-state index in [0.717, 1.165) is 11.1 Å². The lowest BCUT2D eigenvalue weighted by Crippen LogP contribution is -2.22. The maximum absolute atomic E-state index is 12.4. The summed E-state index contributed by atoms with van der Waals surface area (Å²) < 4.78 is 5.42. The molecule has 1 heterocycles. The van der Waals surface area contributed by atoms with Crippen LogP contribution in [0.25, 0.3) is 11.0 Å². The molecule has 0 bridgehead atoms. The van der Waals surface area contributed by atoms with E-state index in [1.54, 1.807) is 6.07 Å². The predicted octanol–water partition coefficient (Wildman–Crippen LogP) is 1.88. The van der Waals surface area contributed by atoms with Crippen LogP contribution < -0.4 is 11.2 Å². The minimum absolute atomic E-state index is 0.196. The second-order valence-electron chi connectivity index (χ2n) is 4.68. The molecule has 0 radical (unpaired) electrons. The molecule has 1 atom stereocenters. The minimum Gasteiger partial charge on any atom is -0.481 e. The summed E-state index contributed by atoms with van der Waals surface area (Å²) in [5.74, 6) is -1.05. The van der Waals surface area contributed by atoms with Gasteiger partial charge in [0.1, 0.15) is 5.58 Å². The molecule has 0 fully saturated rings. The second kappa shape index (κ2) is 4.85. The summed E-state index contributed by atoms with van der Waals surface area (Å²) in [6.45, 7) is 3.73. The Labute approximate surface area is 109 Å². The molecule has 5 nitrogen and oxygen atoms in total. The monoisotopic (exact) mass is 261 g/mol. The van der Waals surface area contributed by atoms with Crippen LogP contribution in [0, 0.1) is 13.8 Å². The molecule has 1 aromatic carbocycles. The van der Waals surface area contributed by atoms with Gasteiger partial charge in [0.15, 0.2) is 5.43 Å². The first-order valence-electron chi connectivity index (χ1n) is 5.90. The lowest BCUT2D eigenvalue weighted by atomic mass is 10.0. The van der Waals surface area contributed by atoms with E-state index in [2.05, 4.69) is 0 Å². The molecular formula is C14H15NO4. The first-order chi connectivity index (χ1) is 8.90. The second-order valence-corrected chi connectivity index (χ2v) is 4.68. The van der Waals surface area contributed by atoms with Crippen LogP contribution >= 0.6 is 0 Å². The molecule has 0 aliphatic heterocycles. The van der Waals surface area contributed by atoms with E-state index in [1.807, 2.05) is 19.9 Å². The van der Waals surface area contributed by atoms with Crippen molar-refractivity contribution in [3.63, 3.8) is 0 Å². The SMILES string of the molecule is Cc1cc(C)c2c(=O)c([C@@H](N)CC(=O)O)coc2c1. The number of carbonyl (C=O) groups is 1. The summed E-state index contributed by atoms with van der Waals surface area (Å²) in [7, 11) is 0. The Bertz CT molecular complexity index is 702. The average Bonchev–Trinajstić information content (AvgIpc) is 2.26. The van der Waals surface area contributed by atoms with Crippen molar-refractivity contribution in [2.45, 2.75) is 26.3 Å². The maximum Gasteiger partial charge on any atom is 0.305 e. The van der Waals surface area contributed by atoms with Crippen molar-refractivity contribution in [1.29, 1.82) is 0 Å². The molecule has 0 spiro atoms. The Hall–Kier alpha value is -2.14. The molecular weight excluding hydrogens is 246 g/mol. The van der Waals surface area contributed by atoms with Crippen LogP contribution in [-0.2, 0) is 4.79 Å². The van der Waals surface area contributed by atoms with Gasteiger partial charge in [0.25, 0.3) is 0 Å². The van der Waals surface area contributed by atoms with Gasteiger partial charge in [0, 0.05) is 6.04 Å². The Kier molecular flexibility index (Phi) is 3.40. The van der Waals surface area contributed by atoms with E-state index >= 15 is 0 Å². The van der Waals surface area contributed by atoms with Gasteiger partial charge >= 0.3 is 5.97 Å². The number of carboxylic acid groups (broad SMARTS) is 1. The Morgan fingerprint density at radius 2 is 2.11 bits per heavy atom. The van der Waals surface area contributed by atoms with Crippen molar-refractivity contribution >= 4 is 16.9 Å². The summed E-state index contributed by atoms with van der Waals surface area (Å²) in [6, 6.07) is 2.79. The molecule has 100 valence electrons. The van der Waals surface area contributed by atoms with E-state index in [4.69, 9.17) is 15.3 Å². The number of aliphatic carboxylic acids is 1. The van der Waals surface area contributed by atoms with Gasteiger partial charge in [-0.3, -0.25) is 9.59 Å². The van der Waals surface area contributed by atoms with Gasteiger partial charge in [0.05, 0.1) is 23.6 Å². The summed E-state index contributed by atoms with van der Waals surface area (Å²) in [5, 5.41) is 9.19. The third kappa shape index (κ3) is 2.51. The number of carboxylic acids is 1. The molecule has 3 N–H and O–H groups in total. The summed E-state index contributed by atoms with van der Waals surface area (Å²) >= 11 is 0. The zero-order valence-corrected chi connectivity index (χ0v) is 10.8. The molecule has 0 unspecified atom stereocenters. The van der Waals surface area contributed by atoms with Gasteiger partial charge in [0.2, 0.25) is 0 Å². The van der Waals surface area contributed by atoms with Crippen molar-refractivity contribution in [3.8, 4) is 0 Å². The van der Waals surface area contributed by atoms with E-state index in [9.17, 15) is 9.59 Å². The zero-order chi connectivity index (χ0) is 14.2.